The van der Waals surface area contributed by atoms with Crippen molar-refractivity contribution in [1.29, 1.82) is 0 Å². The van der Waals surface area contributed by atoms with Gasteiger partial charge in [0, 0.05) is 22.3 Å². The zero-order chi connectivity index (χ0) is 12.9. The van der Waals surface area contributed by atoms with E-state index < -0.39 is 0 Å². The standard InChI is InChI=1S/C14H10INOS/c1-8(17)16-13-10(7-15)6-5-9-3-2-4-11(12(9)13)14(16)18/h2-6H,7H2,1H3. The van der Waals surface area contributed by atoms with Crippen molar-refractivity contribution in [2.75, 3.05) is 4.90 Å². The second kappa shape index (κ2) is 4.28. The Morgan fingerprint density at radius 2 is 2.11 bits per heavy atom. The van der Waals surface area contributed by atoms with Crippen LogP contribution in [-0.4, -0.2) is 10.9 Å². The average Bonchev–Trinajstić information content (AvgIpc) is 2.66. The second-order valence-corrected chi connectivity index (χ2v) is 5.42. The van der Waals surface area contributed by atoms with E-state index in [1.165, 1.54) is 0 Å². The maximum absolute atomic E-state index is 11.9. The molecule has 0 fully saturated rings. The molecule has 0 N–H and O–H groups in total. The SMILES string of the molecule is CC(=O)N1C(=S)c2cccc3ccc(CI)c1c23. The Morgan fingerprint density at radius 1 is 1.33 bits per heavy atom. The quantitative estimate of drug-likeness (QED) is 0.434. The van der Waals surface area contributed by atoms with Crippen LogP contribution in [0, 0.1) is 0 Å². The number of carbonyl (C=O) groups is 1. The summed E-state index contributed by atoms with van der Waals surface area (Å²) in [5.74, 6) is -0.0187. The molecule has 0 aromatic heterocycles. The van der Waals surface area contributed by atoms with Gasteiger partial charge in [-0.2, -0.15) is 0 Å². The van der Waals surface area contributed by atoms with Crippen LogP contribution in [0.1, 0.15) is 18.1 Å². The Kier molecular flexibility index (Phi) is 2.86. The number of carbonyl (C=O) groups excluding carboxylic acids is 1. The number of benzene rings is 2. The lowest BCUT2D eigenvalue weighted by atomic mass is 10.0. The van der Waals surface area contributed by atoms with Gasteiger partial charge in [-0.25, -0.2) is 0 Å². The van der Waals surface area contributed by atoms with Crippen LogP contribution in [0.3, 0.4) is 0 Å². The van der Waals surface area contributed by atoms with E-state index in [1.807, 2.05) is 12.1 Å². The van der Waals surface area contributed by atoms with E-state index in [0.717, 1.165) is 32.0 Å². The van der Waals surface area contributed by atoms with Crippen molar-refractivity contribution in [2.45, 2.75) is 11.4 Å². The zero-order valence-electron chi connectivity index (χ0n) is 9.74. The topological polar surface area (TPSA) is 20.3 Å². The van der Waals surface area contributed by atoms with Crippen molar-refractivity contribution in [2.24, 2.45) is 0 Å². The summed E-state index contributed by atoms with van der Waals surface area (Å²) in [4.78, 5) is 14.2. The summed E-state index contributed by atoms with van der Waals surface area (Å²) >= 11 is 7.76. The molecule has 90 valence electrons. The molecule has 0 bridgehead atoms. The molecular formula is C14H10INOS. The van der Waals surface area contributed by atoms with Crippen molar-refractivity contribution in [3.63, 3.8) is 0 Å². The number of thiocarbonyl (C=S) groups is 1. The first kappa shape index (κ1) is 12.0. The summed E-state index contributed by atoms with van der Waals surface area (Å²) in [6.07, 6.45) is 0. The number of anilines is 1. The van der Waals surface area contributed by atoms with E-state index in [0.29, 0.717) is 4.99 Å². The highest BCUT2D eigenvalue weighted by Crippen LogP contribution is 2.41. The van der Waals surface area contributed by atoms with Crippen LogP contribution < -0.4 is 4.90 Å². The summed E-state index contributed by atoms with van der Waals surface area (Å²) in [7, 11) is 0. The highest BCUT2D eigenvalue weighted by Gasteiger charge is 2.31. The first-order valence-corrected chi connectivity index (χ1v) is 7.54. The van der Waals surface area contributed by atoms with Crippen LogP contribution in [-0.2, 0) is 9.22 Å². The fraction of sp³-hybridized carbons (Fsp3) is 0.143. The van der Waals surface area contributed by atoms with Crippen LogP contribution >= 0.6 is 34.8 Å². The van der Waals surface area contributed by atoms with Crippen molar-refractivity contribution >= 4 is 62.2 Å². The molecule has 1 aliphatic rings. The lowest BCUT2D eigenvalue weighted by Crippen LogP contribution is -2.31. The van der Waals surface area contributed by atoms with Gasteiger partial charge in [-0.1, -0.05) is 65.1 Å². The third kappa shape index (κ3) is 1.52. The van der Waals surface area contributed by atoms with E-state index in [4.69, 9.17) is 12.2 Å². The van der Waals surface area contributed by atoms with Gasteiger partial charge in [0.15, 0.2) is 0 Å². The number of alkyl halides is 1. The summed E-state index contributed by atoms with van der Waals surface area (Å²) < 4.78 is 0.865. The third-order valence-electron chi connectivity index (χ3n) is 3.22. The molecule has 1 aliphatic heterocycles. The van der Waals surface area contributed by atoms with Gasteiger partial charge in [0.05, 0.1) is 5.69 Å². The molecule has 2 aromatic carbocycles. The number of hydrogen-bond acceptors (Lipinski definition) is 2. The number of halogens is 1. The van der Waals surface area contributed by atoms with Crippen LogP contribution in [0.15, 0.2) is 30.3 Å². The third-order valence-corrected chi connectivity index (χ3v) is 4.44. The Bertz CT molecular complexity index is 695. The predicted octanol–water partition coefficient (Wildman–Crippen LogP) is 3.82. The monoisotopic (exact) mass is 367 g/mol. The largest absolute Gasteiger partial charge is 0.274 e. The second-order valence-electron chi connectivity index (χ2n) is 4.27. The van der Waals surface area contributed by atoms with E-state index in [-0.39, 0.29) is 5.91 Å². The lowest BCUT2D eigenvalue weighted by molar-refractivity contribution is -0.115. The number of nitrogens with zero attached hydrogens (tertiary/aromatic N) is 1. The highest BCUT2D eigenvalue weighted by atomic mass is 127. The van der Waals surface area contributed by atoms with Crippen molar-refractivity contribution in [3.05, 3.63) is 41.5 Å². The van der Waals surface area contributed by atoms with Gasteiger partial charge >= 0.3 is 0 Å². The smallest absolute Gasteiger partial charge is 0.229 e. The van der Waals surface area contributed by atoms with Crippen LogP contribution in [0.2, 0.25) is 0 Å². The van der Waals surface area contributed by atoms with E-state index in [9.17, 15) is 4.79 Å². The molecular weight excluding hydrogens is 357 g/mol. The molecule has 0 atom stereocenters. The highest BCUT2D eigenvalue weighted by molar-refractivity contribution is 14.1. The summed E-state index contributed by atoms with van der Waals surface area (Å²) in [5, 5.41) is 2.26. The zero-order valence-corrected chi connectivity index (χ0v) is 12.7. The summed E-state index contributed by atoms with van der Waals surface area (Å²) in [6.45, 7) is 1.56. The first-order chi connectivity index (χ1) is 8.65. The maximum Gasteiger partial charge on any atom is 0.229 e. The number of hydrogen-bond donors (Lipinski definition) is 0. The Morgan fingerprint density at radius 3 is 2.78 bits per heavy atom. The van der Waals surface area contributed by atoms with Gasteiger partial charge in [0.1, 0.15) is 4.99 Å². The molecule has 0 saturated heterocycles. The number of rotatable bonds is 1. The summed E-state index contributed by atoms with van der Waals surface area (Å²) in [6, 6.07) is 10.2. The molecule has 2 nitrogen and oxygen atoms in total. The van der Waals surface area contributed by atoms with Gasteiger partial charge in [-0.3, -0.25) is 9.69 Å². The van der Waals surface area contributed by atoms with Crippen molar-refractivity contribution < 1.29 is 4.79 Å². The maximum atomic E-state index is 11.9. The predicted molar refractivity (Wildman–Crippen MR) is 86.5 cm³/mol. The molecule has 1 amide bonds. The average molecular weight is 367 g/mol. The van der Waals surface area contributed by atoms with Crippen molar-refractivity contribution in [3.8, 4) is 0 Å². The molecule has 0 saturated carbocycles. The van der Waals surface area contributed by atoms with Gasteiger partial charge < -0.3 is 0 Å². The van der Waals surface area contributed by atoms with Gasteiger partial charge in [-0.05, 0) is 10.9 Å². The molecule has 0 radical (unpaired) electrons. The molecule has 4 heteroatoms. The fourth-order valence-corrected chi connectivity index (χ4v) is 3.47. The van der Waals surface area contributed by atoms with Gasteiger partial charge in [0.25, 0.3) is 0 Å². The molecule has 18 heavy (non-hydrogen) atoms. The minimum Gasteiger partial charge on any atom is -0.274 e. The van der Waals surface area contributed by atoms with E-state index >= 15 is 0 Å². The normalized spacial score (nSPS) is 13.4. The molecule has 1 heterocycles. The van der Waals surface area contributed by atoms with Crippen molar-refractivity contribution in [1.82, 2.24) is 0 Å². The van der Waals surface area contributed by atoms with Crippen LogP contribution in [0.4, 0.5) is 5.69 Å². The summed E-state index contributed by atoms with van der Waals surface area (Å²) in [5.41, 5.74) is 3.14. The Hall–Kier alpha value is -1.01. The molecule has 2 aromatic rings. The molecule has 3 rings (SSSR count). The van der Waals surface area contributed by atoms with Gasteiger partial charge in [0.2, 0.25) is 5.91 Å². The fourth-order valence-electron chi connectivity index (χ4n) is 2.47. The van der Waals surface area contributed by atoms with Gasteiger partial charge in [-0.15, -0.1) is 0 Å². The van der Waals surface area contributed by atoms with Crippen LogP contribution in [0.5, 0.6) is 0 Å². The Balaban J connectivity index is 2.46. The first-order valence-electron chi connectivity index (χ1n) is 5.60. The Labute approximate surface area is 124 Å². The van der Waals surface area contributed by atoms with E-state index in [1.54, 1.807) is 11.8 Å². The molecule has 0 unspecified atom stereocenters. The number of amides is 1. The molecule has 0 aliphatic carbocycles. The van der Waals surface area contributed by atoms with E-state index in [2.05, 4.69) is 40.8 Å². The molecule has 0 spiro atoms. The lowest BCUT2D eigenvalue weighted by Gasteiger charge is -2.18. The minimum absolute atomic E-state index is 0.0187. The minimum atomic E-state index is -0.0187. The van der Waals surface area contributed by atoms with Crippen LogP contribution in [0.25, 0.3) is 10.8 Å².